The molecule has 170 valence electrons. The van der Waals surface area contributed by atoms with E-state index in [1.807, 2.05) is 0 Å². The summed E-state index contributed by atoms with van der Waals surface area (Å²) in [5, 5.41) is 11.2. The summed E-state index contributed by atoms with van der Waals surface area (Å²) in [7, 11) is 1.67. The molecule has 2 aliphatic rings. The van der Waals surface area contributed by atoms with Gasteiger partial charge in [-0.2, -0.15) is 9.97 Å². The van der Waals surface area contributed by atoms with Crippen LogP contribution in [-0.2, 0) is 20.5 Å². The summed E-state index contributed by atoms with van der Waals surface area (Å²) in [6, 6.07) is 6.31. The highest BCUT2D eigenvalue weighted by Crippen LogP contribution is 2.48. The largest absolute Gasteiger partial charge is 0.385 e. The first-order valence-electron chi connectivity index (χ1n) is 11.1. The third kappa shape index (κ3) is 3.50. The molecule has 3 heterocycles. The molecule has 0 spiro atoms. The van der Waals surface area contributed by atoms with Crippen molar-refractivity contribution in [2.24, 2.45) is 0 Å². The van der Waals surface area contributed by atoms with Crippen molar-refractivity contribution in [3.8, 4) is 0 Å². The molecule has 1 unspecified atom stereocenters. The molecule has 32 heavy (non-hydrogen) atoms. The number of aliphatic hydroxyl groups is 1. The van der Waals surface area contributed by atoms with E-state index < -0.39 is 5.60 Å². The Balaban J connectivity index is 1.60. The zero-order chi connectivity index (χ0) is 22.3. The number of ether oxygens (including phenoxy) is 2. The highest BCUT2D eigenvalue weighted by molar-refractivity contribution is 5.89. The molecular weight excluding hydrogens is 408 g/mol. The second-order valence-electron chi connectivity index (χ2n) is 9.17. The van der Waals surface area contributed by atoms with Gasteiger partial charge >= 0.3 is 0 Å². The average Bonchev–Trinajstić information content (AvgIpc) is 3.49. The Morgan fingerprint density at radius 3 is 2.81 bits per heavy atom. The van der Waals surface area contributed by atoms with E-state index in [0.29, 0.717) is 43.3 Å². The number of hydrogen-bond donors (Lipinski definition) is 3. The Hall–Kier alpha value is -2.75. The van der Waals surface area contributed by atoms with E-state index in [0.717, 1.165) is 42.5 Å². The number of aromatic nitrogens is 4. The molecule has 9 heteroatoms. The van der Waals surface area contributed by atoms with E-state index >= 15 is 0 Å². The highest BCUT2D eigenvalue weighted by atomic mass is 16.5. The zero-order valence-electron chi connectivity index (χ0n) is 18.6. The summed E-state index contributed by atoms with van der Waals surface area (Å²) in [4.78, 5) is 18.4. The number of aromatic amines is 1. The predicted molar refractivity (Wildman–Crippen MR) is 122 cm³/mol. The summed E-state index contributed by atoms with van der Waals surface area (Å²) in [6.07, 6.45) is 5.25. The van der Waals surface area contributed by atoms with Gasteiger partial charge in [0, 0.05) is 24.8 Å². The van der Waals surface area contributed by atoms with Gasteiger partial charge in [0.2, 0.25) is 5.95 Å². The fourth-order valence-electron chi connectivity index (χ4n) is 5.10. The number of fused-ring (bicyclic) bond motifs is 2. The number of nitrogens with zero attached hydrogens (tertiary/aromatic N) is 4. The van der Waals surface area contributed by atoms with E-state index in [2.05, 4.69) is 50.0 Å². The van der Waals surface area contributed by atoms with E-state index in [-0.39, 0.29) is 11.4 Å². The van der Waals surface area contributed by atoms with Gasteiger partial charge in [0.15, 0.2) is 17.0 Å². The molecule has 1 atom stereocenters. The molecule has 1 fully saturated rings. The third-order valence-corrected chi connectivity index (χ3v) is 6.80. The van der Waals surface area contributed by atoms with Crippen LogP contribution in [0.4, 0.5) is 17.5 Å². The van der Waals surface area contributed by atoms with Gasteiger partial charge in [-0.15, -0.1) is 0 Å². The number of methoxy groups -OCH3 is 1. The van der Waals surface area contributed by atoms with Crippen LogP contribution in [0.5, 0.6) is 0 Å². The van der Waals surface area contributed by atoms with Crippen LogP contribution in [-0.4, -0.2) is 58.5 Å². The summed E-state index contributed by atoms with van der Waals surface area (Å²) in [5.74, 6) is 0.847. The fourth-order valence-corrected chi connectivity index (χ4v) is 5.10. The third-order valence-electron chi connectivity index (χ3n) is 6.80. The number of anilines is 3. The molecule has 9 nitrogen and oxygen atoms in total. The predicted octanol–water partition coefficient (Wildman–Crippen LogP) is 2.77. The van der Waals surface area contributed by atoms with Crippen LogP contribution >= 0.6 is 0 Å². The number of nitrogen functional groups attached to an aromatic ring is 1. The summed E-state index contributed by atoms with van der Waals surface area (Å²) in [5.41, 5.74) is 9.35. The number of imidazole rings is 1. The van der Waals surface area contributed by atoms with Crippen LogP contribution in [0.25, 0.3) is 11.2 Å². The first-order chi connectivity index (χ1) is 15.4. The second kappa shape index (κ2) is 7.99. The molecular formula is C23H30N6O3. The van der Waals surface area contributed by atoms with Crippen molar-refractivity contribution in [1.29, 1.82) is 0 Å². The Labute approximate surface area is 187 Å². The zero-order valence-corrected chi connectivity index (χ0v) is 18.6. The van der Waals surface area contributed by atoms with Crippen molar-refractivity contribution in [2.75, 3.05) is 44.1 Å². The molecule has 3 aromatic rings. The van der Waals surface area contributed by atoms with Crippen LogP contribution in [0.1, 0.15) is 43.7 Å². The highest BCUT2D eigenvalue weighted by Gasteiger charge is 2.43. The number of nitrogens with one attached hydrogen (secondary N) is 1. The van der Waals surface area contributed by atoms with Crippen LogP contribution in [0.3, 0.4) is 0 Å². The van der Waals surface area contributed by atoms with Crippen molar-refractivity contribution >= 4 is 28.6 Å². The quantitative estimate of drug-likeness (QED) is 0.481. The lowest BCUT2D eigenvalue weighted by atomic mass is 9.83. The molecule has 0 amide bonds. The molecule has 1 aromatic carbocycles. The summed E-state index contributed by atoms with van der Waals surface area (Å²) in [6.45, 7) is 4.45. The van der Waals surface area contributed by atoms with Crippen LogP contribution in [0.15, 0.2) is 24.5 Å². The molecule has 1 aliphatic carbocycles. The summed E-state index contributed by atoms with van der Waals surface area (Å²) >= 11 is 0. The maximum atomic E-state index is 11.2. The lowest BCUT2D eigenvalue weighted by molar-refractivity contribution is 0.0443. The molecule has 2 aromatic heterocycles. The topological polar surface area (TPSA) is 122 Å². The van der Waals surface area contributed by atoms with Gasteiger partial charge in [-0.05, 0) is 30.0 Å². The molecule has 4 N–H and O–H groups in total. The number of H-pyrrole nitrogens is 1. The average molecular weight is 439 g/mol. The van der Waals surface area contributed by atoms with Crippen LogP contribution in [0.2, 0.25) is 0 Å². The lowest BCUT2D eigenvalue weighted by Crippen LogP contribution is -2.34. The van der Waals surface area contributed by atoms with Gasteiger partial charge in [0.25, 0.3) is 0 Å². The smallest absolute Gasteiger partial charge is 0.224 e. The van der Waals surface area contributed by atoms with Crippen LogP contribution < -0.4 is 10.6 Å². The van der Waals surface area contributed by atoms with Gasteiger partial charge in [0.1, 0.15) is 0 Å². The fraction of sp³-hybridized carbons (Fsp3) is 0.522. The van der Waals surface area contributed by atoms with Gasteiger partial charge in [-0.1, -0.05) is 31.9 Å². The Morgan fingerprint density at radius 2 is 2.03 bits per heavy atom. The molecule has 1 saturated carbocycles. The number of hydrogen-bond acceptors (Lipinski definition) is 8. The number of nitrogens with two attached hydrogens (primary N) is 1. The van der Waals surface area contributed by atoms with E-state index in [9.17, 15) is 5.11 Å². The first-order valence-corrected chi connectivity index (χ1v) is 11.1. The standard InChI is InChI=1S/C23H30N6O3/c1-22(13-32-10-9-31-2)12-29(20-18-19(26-14-25-18)27-21(24)28-20)17-11-15(5-6-16(17)22)23(30)7-3-4-8-23/h5-6,11,14,30H,3-4,7-10,12-13H2,1-2H3,(H3,24,25,26,27,28). The first kappa shape index (κ1) is 21.1. The van der Waals surface area contributed by atoms with Crippen LogP contribution in [0, 0.1) is 0 Å². The minimum absolute atomic E-state index is 0.189. The molecule has 0 saturated heterocycles. The second-order valence-corrected chi connectivity index (χ2v) is 9.17. The maximum Gasteiger partial charge on any atom is 0.224 e. The Bertz CT molecular complexity index is 1130. The maximum absolute atomic E-state index is 11.2. The van der Waals surface area contributed by atoms with Crippen molar-refractivity contribution < 1.29 is 14.6 Å². The Kier molecular flexibility index (Phi) is 5.27. The van der Waals surface area contributed by atoms with Gasteiger partial charge in [0.05, 0.1) is 31.7 Å². The van der Waals surface area contributed by atoms with E-state index in [1.165, 1.54) is 0 Å². The van der Waals surface area contributed by atoms with Crippen molar-refractivity contribution in [3.05, 3.63) is 35.7 Å². The molecule has 1 aliphatic heterocycles. The van der Waals surface area contributed by atoms with Crippen molar-refractivity contribution in [1.82, 2.24) is 19.9 Å². The Morgan fingerprint density at radius 1 is 1.22 bits per heavy atom. The van der Waals surface area contributed by atoms with Gasteiger partial charge in [-0.3, -0.25) is 0 Å². The van der Waals surface area contributed by atoms with Crippen molar-refractivity contribution in [3.63, 3.8) is 0 Å². The SMILES string of the molecule is COCCOCC1(C)CN(c2nc(N)nc3[nH]cnc23)c2cc(C3(O)CCCC3)ccc21. The normalized spacial score (nSPS) is 22.0. The molecule has 0 radical (unpaired) electrons. The van der Waals surface area contributed by atoms with E-state index in [1.54, 1.807) is 13.4 Å². The number of rotatable bonds is 7. The monoisotopic (exact) mass is 438 g/mol. The van der Waals surface area contributed by atoms with Gasteiger partial charge in [-0.25, -0.2) is 4.98 Å². The van der Waals surface area contributed by atoms with E-state index in [4.69, 9.17) is 15.2 Å². The molecule has 0 bridgehead atoms. The lowest BCUT2D eigenvalue weighted by Gasteiger charge is -2.26. The van der Waals surface area contributed by atoms with Gasteiger partial charge < -0.3 is 30.2 Å². The minimum atomic E-state index is -0.777. The van der Waals surface area contributed by atoms with Crippen molar-refractivity contribution in [2.45, 2.75) is 43.6 Å². The molecule has 5 rings (SSSR count). The number of benzene rings is 1. The minimum Gasteiger partial charge on any atom is -0.385 e. The summed E-state index contributed by atoms with van der Waals surface area (Å²) < 4.78 is 11.1.